The summed E-state index contributed by atoms with van der Waals surface area (Å²) < 4.78 is 39.7. The number of nitriles is 1. The Balaban J connectivity index is 2.61. The van der Waals surface area contributed by atoms with Crippen molar-refractivity contribution in [2.24, 2.45) is 10.2 Å². The Kier molecular flexibility index (Phi) is 6.77. The summed E-state index contributed by atoms with van der Waals surface area (Å²) in [6.45, 7) is 1.49. The lowest BCUT2D eigenvalue weighted by Crippen LogP contribution is -2.10. The molecule has 1 heterocycles. The lowest BCUT2D eigenvalue weighted by atomic mass is 10.1. The van der Waals surface area contributed by atoms with Crippen LogP contribution in [0.2, 0.25) is 5.02 Å². The van der Waals surface area contributed by atoms with Crippen LogP contribution in [0.5, 0.6) is 0 Å². The largest absolute Gasteiger partial charge is 0.418 e. The van der Waals surface area contributed by atoms with Crippen molar-refractivity contribution >= 4 is 34.6 Å². The second-order valence-corrected chi connectivity index (χ2v) is 5.97. The van der Waals surface area contributed by atoms with Gasteiger partial charge in [-0.3, -0.25) is 0 Å². The zero-order valence-electron chi connectivity index (χ0n) is 14.9. The van der Waals surface area contributed by atoms with Crippen LogP contribution in [0.1, 0.15) is 16.7 Å². The van der Waals surface area contributed by atoms with Crippen LogP contribution in [-0.4, -0.2) is 30.3 Å². The van der Waals surface area contributed by atoms with Crippen LogP contribution in [0, 0.1) is 18.3 Å². The van der Waals surface area contributed by atoms with Gasteiger partial charge in [-0.2, -0.15) is 18.4 Å². The van der Waals surface area contributed by atoms with Gasteiger partial charge in [0.25, 0.3) is 0 Å². The van der Waals surface area contributed by atoms with Crippen molar-refractivity contribution < 1.29 is 18.3 Å². The summed E-state index contributed by atoms with van der Waals surface area (Å²) in [6, 6.07) is 5.11. The predicted molar refractivity (Wildman–Crippen MR) is 99.4 cm³/mol. The summed E-state index contributed by atoms with van der Waals surface area (Å²) in [5.74, 6) is 0.433. The number of aliphatic hydroxyl groups excluding tert-OH is 1. The Morgan fingerprint density at radius 3 is 2.57 bits per heavy atom. The third-order valence-electron chi connectivity index (χ3n) is 3.69. The van der Waals surface area contributed by atoms with E-state index in [-0.39, 0.29) is 41.1 Å². The second kappa shape index (κ2) is 8.86. The van der Waals surface area contributed by atoms with E-state index >= 15 is 0 Å². The fourth-order valence-corrected chi connectivity index (χ4v) is 2.53. The Bertz CT molecular complexity index is 940. The van der Waals surface area contributed by atoms with Crippen LogP contribution in [-0.2, 0) is 6.18 Å². The van der Waals surface area contributed by atoms with Gasteiger partial charge in [0.1, 0.15) is 17.6 Å². The van der Waals surface area contributed by atoms with Crippen LogP contribution >= 0.6 is 11.6 Å². The number of benzene rings is 1. The molecular formula is C17H16ClF3N6O. The monoisotopic (exact) mass is 412 g/mol. The number of nitrogens with one attached hydrogen (secondary N) is 2. The Morgan fingerprint density at radius 1 is 1.29 bits per heavy atom. The minimum absolute atomic E-state index is 0.0837. The van der Waals surface area contributed by atoms with Gasteiger partial charge in [0, 0.05) is 24.2 Å². The average Bonchev–Trinajstić information content (AvgIpc) is 2.65. The number of pyridine rings is 1. The number of azo groups is 1. The van der Waals surface area contributed by atoms with Crippen LogP contribution in [0.3, 0.4) is 0 Å². The van der Waals surface area contributed by atoms with Crippen molar-refractivity contribution in [3.05, 3.63) is 39.9 Å². The van der Waals surface area contributed by atoms with Crippen LogP contribution < -0.4 is 10.6 Å². The molecule has 1 aromatic heterocycles. The first-order valence-electron chi connectivity index (χ1n) is 7.98. The number of hydrogen-bond donors (Lipinski definition) is 3. The molecule has 0 aliphatic carbocycles. The molecule has 148 valence electrons. The SMILES string of the molecule is CNc1nc(NCCO)c(N=Nc2ccc(Cl)cc2C(F)(F)F)c(C)c1C#N. The zero-order chi connectivity index (χ0) is 20.9. The van der Waals surface area contributed by atoms with E-state index in [1.54, 1.807) is 14.0 Å². The number of halogens is 4. The number of rotatable bonds is 6. The number of aliphatic hydroxyl groups is 1. The highest BCUT2D eigenvalue weighted by atomic mass is 35.5. The molecule has 0 radical (unpaired) electrons. The molecule has 0 saturated carbocycles. The summed E-state index contributed by atoms with van der Waals surface area (Å²) >= 11 is 5.66. The fourth-order valence-electron chi connectivity index (χ4n) is 2.36. The molecule has 0 aliphatic heterocycles. The molecule has 28 heavy (non-hydrogen) atoms. The minimum Gasteiger partial charge on any atom is -0.395 e. The fraction of sp³-hybridized carbons (Fsp3) is 0.294. The van der Waals surface area contributed by atoms with Crippen molar-refractivity contribution in [3.8, 4) is 6.07 Å². The number of nitrogens with zero attached hydrogens (tertiary/aromatic N) is 4. The van der Waals surface area contributed by atoms with Gasteiger partial charge in [-0.05, 0) is 25.1 Å². The first kappa shape index (κ1) is 21.4. The third-order valence-corrected chi connectivity index (χ3v) is 3.92. The average molecular weight is 413 g/mol. The Hall–Kier alpha value is -2.90. The van der Waals surface area contributed by atoms with Crippen molar-refractivity contribution in [1.82, 2.24) is 4.98 Å². The molecule has 0 atom stereocenters. The van der Waals surface area contributed by atoms with E-state index in [4.69, 9.17) is 16.7 Å². The van der Waals surface area contributed by atoms with Gasteiger partial charge < -0.3 is 15.7 Å². The van der Waals surface area contributed by atoms with Crippen molar-refractivity contribution in [2.75, 3.05) is 30.8 Å². The molecule has 2 aromatic rings. The quantitative estimate of drug-likeness (QED) is 0.591. The molecule has 0 fully saturated rings. The maximum Gasteiger partial charge on any atom is 0.418 e. The summed E-state index contributed by atoms with van der Waals surface area (Å²) in [6.07, 6.45) is -4.67. The normalized spacial score (nSPS) is 11.5. The third kappa shape index (κ3) is 4.68. The molecule has 2 rings (SSSR count). The van der Waals surface area contributed by atoms with Gasteiger partial charge in [-0.1, -0.05) is 11.6 Å². The number of alkyl halides is 3. The van der Waals surface area contributed by atoms with Gasteiger partial charge in [-0.25, -0.2) is 4.98 Å². The number of anilines is 2. The zero-order valence-corrected chi connectivity index (χ0v) is 15.7. The van der Waals surface area contributed by atoms with E-state index in [2.05, 4.69) is 25.8 Å². The Morgan fingerprint density at radius 2 is 2.00 bits per heavy atom. The Labute approximate surface area is 163 Å². The topological polar surface area (TPSA) is 106 Å². The summed E-state index contributed by atoms with van der Waals surface area (Å²) in [5, 5.41) is 31.5. The summed E-state index contributed by atoms with van der Waals surface area (Å²) in [7, 11) is 1.57. The van der Waals surface area contributed by atoms with Gasteiger partial charge in [0.2, 0.25) is 0 Å². The molecule has 0 bridgehead atoms. The van der Waals surface area contributed by atoms with Gasteiger partial charge in [0.05, 0.1) is 23.4 Å². The molecule has 11 heteroatoms. The van der Waals surface area contributed by atoms with E-state index in [1.165, 1.54) is 6.07 Å². The molecule has 0 amide bonds. The summed E-state index contributed by atoms with van der Waals surface area (Å²) in [5.41, 5.74) is -0.828. The van der Waals surface area contributed by atoms with Crippen LogP contribution in [0.4, 0.5) is 36.2 Å². The molecule has 3 N–H and O–H groups in total. The standard InChI is InChI=1S/C17H16ClF3N6O/c1-9-11(8-22)15(23-2)25-16(24-5-6-28)14(9)27-26-13-4-3-10(18)7-12(13)17(19,20)21/h3-4,7,28H,5-6H2,1-2H3,(H2,23,24,25). The highest BCUT2D eigenvalue weighted by molar-refractivity contribution is 6.30. The van der Waals surface area contributed by atoms with Crippen molar-refractivity contribution in [2.45, 2.75) is 13.1 Å². The maximum atomic E-state index is 13.2. The molecule has 0 aliphatic rings. The molecule has 0 spiro atoms. The molecule has 1 aromatic carbocycles. The van der Waals surface area contributed by atoms with E-state index in [1.807, 2.05) is 6.07 Å². The molecular weight excluding hydrogens is 397 g/mol. The van der Waals surface area contributed by atoms with E-state index in [0.717, 1.165) is 12.1 Å². The van der Waals surface area contributed by atoms with Crippen LogP contribution in [0.25, 0.3) is 0 Å². The van der Waals surface area contributed by atoms with Gasteiger partial charge in [0.15, 0.2) is 5.82 Å². The predicted octanol–water partition coefficient (Wildman–Crippen LogP) is 4.80. The van der Waals surface area contributed by atoms with Crippen molar-refractivity contribution in [1.29, 1.82) is 5.26 Å². The number of aromatic nitrogens is 1. The van der Waals surface area contributed by atoms with E-state index in [9.17, 15) is 18.4 Å². The van der Waals surface area contributed by atoms with Crippen LogP contribution in [0.15, 0.2) is 28.4 Å². The van der Waals surface area contributed by atoms with Gasteiger partial charge in [-0.15, -0.1) is 10.2 Å². The van der Waals surface area contributed by atoms with Gasteiger partial charge >= 0.3 is 6.18 Å². The lowest BCUT2D eigenvalue weighted by Gasteiger charge is -2.14. The molecule has 7 nitrogen and oxygen atoms in total. The minimum atomic E-state index is -4.67. The van der Waals surface area contributed by atoms with Crippen molar-refractivity contribution in [3.63, 3.8) is 0 Å². The number of hydrogen-bond acceptors (Lipinski definition) is 7. The molecule has 0 saturated heterocycles. The molecule has 0 unspecified atom stereocenters. The maximum absolute atomic E-state index is 13.2. The smallest absolute Gasteiger partial charge is 0.395 e. The first-order chi connectivity index (χ1) is 13.2. The second-order valence-electron chi connectivity index (χ2n) is 5.53. The highest BCUT2D eigenvalue weighted by Gasteiger charge is 2.34. The van der Waals surface area contributed by atoms with E-state index in [0.29, 0.717) is 5.56 Å². The summed E-state index contributed by atoms with van der Waals surface area (Å²) in [4.78, 5) is 4.20. The lowest BCUT2D eigenvalue weighted by molar-refractivity contribution is -0.137. The van der Waals surface area contributed by atoms with E-state index < -0.39 is 17.4 Å². The first-order valence-corrected chi connectivity index (χ1v) is 8.36. The highest BCUT2D eigenvalue weighted by Crippen LogP contribution is 2.40.